The number of anilines is 6. The van der Waals surface area contributed by atoms with Gasteiger partial charge in [-0.2, -0.15) is 0 Å². The van der Waals surface area contributed by atoms with Crippen molar-refractivity contribution in [3.05, 3.63) is 466 Å². The van der Waals surface area contributed by atoms with Crippen molar-refractivity contribution >= 4 is 115 Å². The molecule has 0 bridgehead atoms. The second-order valence-corrected chi connectivity index (χ2v) is 41.5. The summed E-state index contributed by atoms with van der Waals surface area (Å²) >= 11 is 0. The first-order valence-corrected chi connectivity index (χ1v) is 45.7. The standard InChI is InChI=1S/C116H93BN2Si2/c1-115(2,3)93-68-71-109-107(79-93)117-106-69-67-94(116(4,5)6)80-110(106)119(114-103(85-46-23-10-24-47-85)64-39-65-104(114)86-48-25-11-26-49-86)112-78-92(77-111(113(112)117)118(109)108-70-66-90(84-44-21-9-22-45-84)76-105(108)87-50-27-12-28-51-87)91-74-101(120(95-54-29-13-30-55-95,96-56-31-14-32-57-96)99-62-37-52-88(72-99)82-40-17-7-18-41-82)81-102(75-91)121(97-58-33-15-34-59-97,98-60-35-16-36-61-98)100-63-38-53-89(73-100)83-42-19-8-20-43-83/h7-81H,1-6H3/i7D,9D,17D,18D,21D,22D,40D,41D,44D,45D. The normalized spacial score (nSPS) is 13.7. The number of hydrogen-bond donors (Lipinski definition) is 0. The van der Waals surface area contributed by atoms with Crippen LogP contribution in [0.1, 0.15) is 66.4 Å². The van der Waals surface area contributed by atoms with Gasteiger partial charge in [0.15, 0.2) is 16.1 Å². The number of hydrogen-bond acceptors (Lipinski definition) is 2. The summed E-state index contributed by atoms with van der Waals surface area (Å²) in [4.78, 5) is 5.07. The second kappa shape index (κ2) is 31.4. The number of rotatable bonds is 17. The summed E-state index contributed by atoms with van der Waals surface area (Å²) in [5.41, 5.74) is 21.3. The Morgan fingerprint density at radius 3 is 1.04 bits per heavy atom. The predicted molar refractivity (Wildman–Crippen MR) is 523 cm³/mol. The summed E-state index contributed by atoms with van der Waals surface area (Å²) in [5.74, 6) is 0. The Kier molecular flexibility index (Phi) is 16.9. The smallest absolute Gasteiger partial charge is 0.252 e. The molecule has 0 aromatic heterocycles. The van der Waals surface area contributed by atoms with Gasteiger partial charge in [-0.25, -0.2) is 0 Å². The second-order valence-electron chi connectivity index (χ2n) is 33.9. The Labute approximate surface area is 729 Å². The van der Waals surface area contributed by atoms with Crippen LogP contribution in [0.5, 0.6) is 0 Å². The number of fused-ring (bicyclic) bond motifs is 4. The highest BCUT2D eigenvalue weighted by Gasteiger charge is 2.49. The fourth-order valence-corrected chi connectivity index (χ4v) is 28.9. The van der Waals surface area contributed by atoms with Crippen LogP contribution in [0.4, 0.5) is 34.1 Å². The fraction of sp³-hybridized carbons (Fsp3) is 0.0690. The van der Waals surface area contributed by atoms with E-state index in [1.807, 2.05) is 42.5 Å². The number of benzene rings is 18. The van der Waals surface area contributed by atoms with E-state index in [9.17, 15) is 8.22 Å². The predicted octanol–water partition coefficient (Wildman–Crippen LogP) is 22.8. The molecule has 0 saturated heterocycles. The molecule has 0 radical (unpaired) electrons. The van der Waals surface area contributed by atoms with E-state index < -0.39 is 59.1 Å². The lowest BCUT2D eigenvalue weighted by Gasteiger charge is -2.46. The van der Waals surface area contributed by atoms with Crippen molar-refractivity contribution < 1.29 is 13.7 Å². The summed E-state index contributed by atoms with van der Waals surface area (Å²) < 4.78 is 92.8. The molecule has 5 heteroatoms. The van der Waals surface area contributed by atoms with Gasteiger partial charge in [0.05, 0.1) is 25.1 Å². The molecule has 0 N–H and O–H groups in total. The Hall–Kier alpha value is -13.9. The van der Waals surface area contributed by atoms with Gasteiger partial charge in [-0.05, 0) is 177 Å². The molecule has 18 aromatic rings. The SMILES string of the molecule is [2H]c1c([2H])c([2H])c(-c2cccc([Si](c3ccccc3)(c3ccccc3)c3cc(-c4cc5c6c(c4)N(c4c(-c7ccccc7)cccc4-c4ccccc4)c4cc(C(C)(C)C)ccc4B6c4cc(C(C)(C)C)ccc4N5c4ccc(-c5c([2H])c([2H])c([2H])c([2H])c5[2H])cc4-c4ccccc4)cc([Si](c4ccccc4)(c4ccccc4)c4cccc(-c5ccccc5)c4)c3)c2)c([2H])c1[2H]. The minimum absolute atomic E-state index is 0.0979. The topological polar surface area (TPSA) is 6.48 Å². The summed E-state index contributed by atoms with van der Waals surface area (Å²) in [7, 11) is -7.82. The third-order valence-corrected chi connectivity index (χ3v) is 34.2. The van der Waals surface area contributed by atoms with Gasteiger partial charge < -0.3 is 9.80 Å². The van der Waals surface area contributed by atoms with Crippen LogP contribution in [-0.2, 0) is 10.8 Å². The molecule has 0 aliphatic carbocycles. The molecule has 0 spiro atoms. The van der Waals surface area contributed by atoms with Gasteiger partial charge in [0.1, 0.15) is 0 Å². The first kappa shape index (κ1) is 65.1. The van der Waals surface area contributed by atoms with E-state index in [2.05, 4.69) is 403 Å². The van der Waals surface area contributed by atoms with Crippen molar-refractivity contribution in [2.75, 3.05) is 9.80 Å². The molecule has 578 valence electrons. The quantitative estimate of drug-likeness (QED) is 0.0662. The van der Waals surface area contributed by atoms with E-state index in [1.165, 1.54) is 0 Å². The molecule has 0 saturated carbocycles. The van der Waals surface area contributed by atoms with Gasteiger partial charge in [-0.1, -0.05) is 460 Å². The molecule has 2 aliphatic heterocycles. The highest BCUT2D eigenvalue weighted by atomic mass is 28.3. The zero-order valence-electron chi connectivity index (χ0n) is 78.5. The van der Waals surface area contributed by atoms with Gasteiger partial charge in [0, 0.05) is 39.4 Å². The summed E-state index contributed by atoms with van der Waals surface area (Å²) in [5, 5.41) is 8.59. The van der Waals surface area contributed by atoms with Crippen molar-refractivity contribution in [1.82, 2.24) is 0 Å². The van der Waals surface area contributed by atoms with Gasteiger partial charge in [0.25, 0.3) is 6.71 Å². The van der Waals surface area contributed by atoms with E-state index in [4.69, 9.17) is 5.48 Å². The van der Waals surface area contributed by atoms with Gasteiger partial charge >= 0.3 is 0 Å². The molecule has 2 aliphatic rings. The molecule has 18 aromatic carbocycles. The molecule has 2 heterocycles. The first-order valence-electron chi connectivity index (χ1n) is 46.7. The Balaban J connectivity index is 1.01. The summed E-state index contributed by atoms with van der Waals surface area (Å²) in [6.45, 7) is 13.3. The maximum Gasteiger partial charge on any atom is 0.252 e. The van der Waals surface area contributed by atoms with Crippen molar-refractivity contribution in [2.45, 2.75) is 52.4 Å². The van der Waals surface area contributed by atoms with Crippen LogP contribution in [0.15, 0.2) is 455 Å². The molecule has 121 heavy (non-hydrogen) atoms. The summed E-state index contributed by atoms with van der Waals surface area (Å²) in [6.07, 6.45) is 0. The lowest BCUT2D eigenvalue weighted by atomic mass is 9.33. The molecule has 0 unspecified atom stereocenters. The third-order valence-electron chi connectivity index (χ3n) is 24.8. The van der Waals surface area contributed by atoms with E-state index in [1.54, 1.807) is 0 Å². The van der Waals surface area contributed by atoms with Crippen LogP contribution in [0.3, 0.4) is 0 Å². The van der Waals surface area contributed by atoms with Crippen molar-refractivity contribution in [3.63, 3.8) is 0 Å². The zero-order chi connectivity index (χ0) is 90.5. The van der Waals surface area contributed by atoms with Gasteiger partial charge in [0.2, 0.25) is 0 Å². The molecule has 0 fully saturated rings. The van der Waals surface area contributed by atoms with Crippen LogP contribution in [0.2, 0.25) is 0 Å². The van der Waals surface area contributed by atoms with E-state index in [0.717, 1.165) is 159 Å². The molecule has 2 nitrogen and oxygen atoms in total. The average Bonchev–Trinajstić information content (AvgIpc) is 0.686. The van der Waals surface area contributed by atoms with Crippen LogP contribution in [0, 0.1) is 0 Å². The van der Waals surface area contributed by atoms with E-state index >= 15 is 0 Å². The fourth-order valence-electron chi connectivity index (χ4n) is 19.1. The highest BCUT2D eigenvalue weighted by molar-refractivity contribution is 7.22. The average molecular weight is 1590 g/mol. The molecule has 20 rings (SSSR count). The van der Waals surface area contributed by atoms with E-state index in [0.29, 0.717) is 11.1 Å². The number of nitrogens with zero attached hydrogens (tertiary/aromatic N) is 2. The lowest BCUT2D eigenvalue weighted by molar-refractivity contribution is 0.590. The van der Waals surface area contributed by atoms with Crippen molar-refractivity contribution in [2.24, 2.45) is 0 Å². The van der Waals surface area contributed by atoms with Crippen molar-refractivity contribution in [3.8, 4) is 77.9 Å². The van der Waals surface area contributed by atoms with Gasteiger partial charge in [-0.15, -0.1) is 0 Å². The first-order chi connectivity index (χ1) is 63.4. The van der Waals surface area contributed by atoms with Crippen LogP contribution >= 0.6 is 0 Å². The van der Waals surface area contributed by atoms with Crippen LogP contribution < -0.4 is 67.7 Å². The maximum absolute atomic E-state index is 9.69. The van der Waals surface area contributed by atoms with Gasteiger partial charge in [-0.3, -0.25) is 0 Å². The Bertz CT molecular complexity index is 7290. The van der Waals surface area contributed by atoms with Crippen molar-refractivity contribution in [1.29, 1.82) is 0 Å². The monoisotopic (exact) mass is 1590 g/mol. The third kappa shape index (κ3) is 13.6. The minimum Gasteiger partial charge on any atom is -0.311 e. The molecular formula is C116H93BN2Si2. The van der Waals surface area contributed by atoms with Crippen LogP contribution in [-0.4, -0.2) is 22.9 Å². The Morgan fingerprint density at radius 2 is 0.579 bits per heavy atom. The highest BCUT2D eigenvalue weighted by Crippen LogP contribution is 2.53. The van der Waals surface area contributed by atoms with E-state index in [-0.39, 0.29) is 46.1 Å². The number of para-hydroxylation sites is 1. The van der Waals surface area contributed by atoms with Crippen LogP contribution in [0.25, 0.3) is 77.9 Å². The Morgan fingerprint density at radius 1 is 0.223 bits per heavy atom. The molecular weight excluding hydrogens is 1490 g/mol. The summed E-state index contributed by atoms with van der Waals surface area (Å²) in [6, 6.07) is 140. The minimum atomic E-state index is -4.00. The lowest BCUT2D eigenvalue weighted by Crippen LogP contribution is -2.78. The molecule has 0 atom stereocenters. The largest absolute Gasteiger partial charge is 0.311 e. The molecule has 0 amide bonds. The zero-order valence-corrected chi connectivity index (χ0v) is 70.5. The maximum atomic E-state index is 9.69.